The second-order valence-corrected chi connectivity index (χ2v) is 4.28. The van der Waals surface area contributed by atoms with Crippen LogP contribution in [0.2, 0.25) is 0 Å². The summed E-state index contributed by atoms with van der Waals surface area (Å²) >= 11 is 0. The highest BCUT2D eigenvalue weighted by atomic mass is 19.1. The first-order chi connectivity index (χ1) is 9.72. The first-order valence-corrected chi connectivity index (χ1v) is 6.43. The average molecular weight is 276 g/mol. The number of nitrogens with zero attached hydrogens (tertiary/aromatic N) is 2. The van der Waals surface area contributed by atoms with Crippen LogP contribution in [0.25, 0.3) is 0 Å². The molecule has 0 bridgehead atoms. The number of hydrogen-bond donors (Lipinski definition) is 2. The molecule has 0 atom stereocenters. The molecule has 0 spiro atoms. The number of aryl methyl sites for hydroxylation is 1. The highest BCUT2D eigenvalue weighted by molar-refractivity contribution is 5.37. The van der Waals surface area contributed by atoms with Crippen molar-refractivity contribution in [1.29, 1.82) is 0 Å². The van der Waals surface area contributed by atoms with E-state index in [0.29, 0.717) is 23.1 Å². The van der Waals surface area contributed by atoms with Gasteiger partial charge in [-0.1, -0.05) is 25.1 Å². The molecule has 0 aliphatic heterocycles. The van der Waals surface area contributed by atoms with Crippen molar-refractivity contribution in [2.24, 2.45) is 5.84 Å². The fraction of sp³-hybridized carbons (Fsp3) is 0.286. The number of ether oxygens (including phenoxy) is 1. The largest absolute Gasteiger partial charge is 0.473 e. The molecule has 3 N–H and O–H groups in total. The normalized spacial score (nSPS) is 10.3. The summed E-state index contributed by atoms with van der Waals surface area (Å²) in [4.78, 5) is 8.48. The quantitative estimate of drug-likeness (QED) is 0.626. The molecule has 0 saturated heterocycles. The van der Waals surface area contributed by atoms with Crippen molar-refractivity contribution in [3.8, 4) is 5.88 Å². The molecule has 1 heterocycles. The summed E-state index contributed by atoms with van der Waals surface area (Å²) in [6.45, 7) is 2.14. The Balaban J connectivity index is 2.12. The van der Waals surface area contributed by atoms with Gasteiger partial charge < -0.3 is 10.2 Å². The Morgan fingerprint density at radius 3 is 2.80 bits per heavy atom. The maximum atomic E-state index is 13.5. The van der Waals surface area contributed by atoms with Gasteiger partial charge in [-0.05, 0) is 12.5 Å². The second-order valence-electron chi connectivity index (χ2n) is 4.28. The Hall–Kier alpha value is -2.21. The Labute approximate surface area is 117 Å². The van der Waals surface area contributed by atoms with Crippen molar-refractivity contribution in [3.05, 3.63) is 47.5 Å². The van der Waals surface area contributed by atoms with E-state index in [1.807, 2.05) is 6.92 Å². The van der Waals surface area contributed by atoms with Crippen LogP contribution < -0.4 is 16.0 Å². The summed E-state index contributed by atoms with van der Waals surface area (Å²) in [6.07, 6.45) is 1.65. The molecule has 1 aromatic heterocycles. The average Bonchev–Trinajstić information content (AvgIpc) is 2.46. The van der Waals surface area contributed by atoms with Crippen LogP contribution in [0.1, 0.15) is 24.7 Å². The van der Waals surface area contributed by atoms with Gasteiger partial charge in [0.25, 0.3) is 0 Å². The molecule has 1 aromatic carbocycles. The number of nitrogens with one attached hydrogen (secondary N) is 1. The van der Waals surface area contributed by atoms with Crippen molar-refractivity contribution < 1.29 is 9.13 Å². The molecule has 2 aromatic rings. The maximum Gasteiger partial charge on any atom is 0.219 e. The van der Waals surface area contributed by atoms with Crippen LogP contribution in [0.3, 0.4) is 0 Å². The fourth-order valence-electron chi connectivity index (χ4n) is 1.72. The van der Waals surface area contributed by atoms with Crippen LogP contribution in [-0.4, -0.2) is 9.97 Å². The number of nitrogens with two attached hydrogens (primary N) is 1. The smallest absolute Gasteiger partial charge is 0.219 e. The number of benzene rings is 1. The lowest BCUT2D eigenvalue weighted by Gasteiger charge is -2.09. The first kappa shape index (κ1) is 14.2. The van der Waals surface area contributed by atoms with E-state index in [9.17, 15) is 4.39 Å². The lowest BCUT2D eigenvalue weighted by atomic mass is 10.2. The van der Waals surface area contributed by atoms with Crippen molar-refractivity contribution in [2.45, 2.75) is 26.4 Å². The second kappa shape index (κ2) is 6.81. The summed E-state index contributed by atoms with van der Waals surface area (Å²) in [6, 6.07) is 8.05. The van der Waals surface area contributed by atoms with Gasteiger partial charge >= 0.3 is 0 Å². The summed E-state index contributed by atoms with van der Waals surface area (Å²) in [7, 11) is 0. The third-order valence-corrected chi connectivity index (χ3v) is 2.70. The number of nitrogen functional groups attached to an aromatic ring is 1. The molecule has 0 amide bonds. The molecular formula is C14H17FN4O. The summed E-state index contributed by atoms with van der Waals surface area (Å²) in [5, 5.41) is 0. The summed E-state index contributed by atoms with van der Waals surface area (Å²) < 4.78 is 19.0. The van der Waals surface area contributed by atoms with Crippen molar-refractivity contribution in [1.82, 2.24) is 9.97 Å². The number of halogens is 1. The predicted octanol–water partition coefficient (Wildman–Crippen LogP) is 2.43. The molecule has 20 heavy (non-hydrogen) atoms. The molecule has 0 aliphatic carbocycles. The third kappa shape index (κ3) is 3.64. The lowest BCUT2D eigenvalue weighted by molar-refractivity contribution is 0.286. The van der Waals surface area contributed by atoms with Gasteiger partial charge in [0.2, 0.25) is 5.88 Å². The topological polar surface area (TPSA) is 73.1 Å². The van der Waals surface area contributed by atoms with Crippen LogP contribution >= 0.6 is 0 Å². The van der Waals surface area contributed by atoms with E-state index in [4.69, 9.17) is 10.6 Å². The number of hydrogen-bond acceptors (Lipinski definition) is 5. The molecule has 0 aliphatic rings. The van der Waals surface area contributed by atoms with Crippen LogP contribution in [0.15, 0.2) is 30.3 Å². The third-order valence-electron chi connectivity index (χ3n) is 2.70. The Morgan fingerprint density at radius 1 is 1.30 bits per heavy atom. The highest BCUT2D eigenvalue weighted by Gasteiger charge is 2.06. The highest BCUT2D eigenvalue weighted by Crippen LogP contribution is 2.16. The van der Waals surface area contributed by atoms with Crippen LogP contribution in [-0.2, 0) is 13.0 Å². The van der Waals surface area contributed by atoms with E-state index in [1.165, 1.54) is 6.07 Å². The van der Waals surface area contributed by atoms with E-state index in [1.54, 1.807) is 24.3 Å². The van der Waals surface area contributed by atoms with Gasteiger partial charge in [0.1, 0.15) is 24.1 Å². The van der Waals surface area contributed by atoms with Crippen molar-refractivity contribution in [3.63, 3.8) is 0 Å². The van der Waals surface area contributed by atoms with E-state index >= 15 is 0 Å². The zero-order chi connectivity index (χ0) is 14.4. The first-order valence-electron chi connectivity index (χ1n) is 6.43. The zero-order valence-corrected chi connectivity index (χ0v) is 11.3. The van der Waals surface area contributed by atoms with Crippen LogP contribution in [0, 0.1) is 5.82 Å². The molecule has 0 fully saturated rings. The molecule has 2 rings (SSSR count). The number of rotatable bonds is 6. The molecule has 106 valence electrons. The molecule has 0 saturated carbocycles. The van der Waals surface area contributed by atoms with Crippen LogP contribution in [0.5, 0.6) is 5.88 Å². The van der Waals surface area contributed by atoms with Crippen LogP contribution in [0.4, 0.5) is 10.2 Å². The maximum absolute atomic E-state index is 13.5. The Bertz CT molecular complexity index is 577. The zero-order valence-electron chi connectivity index (χ0n) is 11.3. The molecular weight excluding hydrogens is 259 g/mol. The van der Waals surface area contributed by atoms with Gasteiger partial charge in [-0.3, -0.25) is 0 Å². The predicted molar refractivity (Wildman–Crippen MR) is 74.6 cm³/mol. The fourth-order valence-corrected chi connectivity index (χ4v) is 1.72. The molecule has 5 nitrogen and oxygen atoms in total. The Morgan fingerprint density at radius 2 is 2.10 bits per heavy atom. The summed E-state index contributed by atoms with van der Waals surface area (Å²) in [5.41, 5.74) is 2.95. The number of hydrazine groups is 1. The molecule has 0 radical (unpaired) electrons. The monoisotopic (exact) mass is 276 g/mol. The molecule has 6 heteroatoms. The SMILES string of the molecule is CCCc1nc(NN)cc(OCc2ccccc2F)n1. The van der Waals surface area contributed by atoms with E-state index in [2.05, 4.69) is 15.4 Å². The standard InChI is InChI=1S/C14H17FN4O/c1-2-5-12-17-13(19-16)8-14(18-12)20-9-10-6-3-4-7-11(10)15/h3-4,6-8H,2,5,9,16H2,1H3,(H,17,18,19). The minimum Gasteiger partial charge on any atom is -0.473 e. The van der Waals surface area contributed by atoms with Gasteiger partial charge in [0.05, 0.1) is 0 Å². The van der Waals surface area contributed by atoms with E-state index in [0.717, 1.165) is 12.8 Å². The van der Waals surface area contributed by atoms with E-state index in [-0.39, 0.29) is 12.4 Å². The van der Waals surface area contributed by atoms with E-state index < -0.39 is 0 Å². The Kier molecular flexibility index (Phi) is 4.84. The van der Waals surface area contributed by atoms with Gasteiger partial charge in [-0.2, -0.15) is 4.98 Å². The van der Waals surface area contributed by atoms with Crippen molar-refractivity contribution >= 4 is 5.82 Å². The van der Waals surface area contributed by atoms with Crippen molar-refractivity contribution in [2.75, 3.05) is 5.43 Å². The molecule has 0 unspecified atom stereocenters. The van der Waals surface area contributed by atoms with Gasteiger partial charge in [-0.25, -0.2) is 15.2 Å². The van der Waals surface area contributed by atoms with Gasteiger partial charge in [0.15, 0.2) is 0 Å². The summed E-state index contributed by atoms with van der Waals surface area (Å²) in [5.74, 6) is 6.56. The number of aromatic nitrogens is 2. The lowest BCUT2D eigenvalue weighted by Crippen LogP contribution is -2.11. The van der Waals surface area contributed by atoms with Gasteiger partial charge in [0, 0.05) is 18.1 Å². The minimum absolute atomic E-state index is 0.110. The number of anilines is 1. The minimum atomic E-state index is -0.299. The van der Waals surface area contributed by atoms with Gasteiger partial charge in [-0.15, -0.1) is 0 Å².